The lowest BCUT2D eigenvalue weighted by molar-refractivity contribution is 0.748. The Balaban J connectivity index is 2.04. The number of hydrogen-bond donors (Lipinski definition) is 0. The molecule has 3 aromatic rings. The van der Waals surface area contributed by atoms with E-state index in [-0.39, 0.29) is 5.56 Å². The van der Waals surface area contributed by atoms with Crippen molar-refractivity contribution in [2.24, 2.45) is 0 Å². The molecular formula is C16H13BrN2O. The van der Waals surface area contributed by atoms with Gasteiger partial charge in [0.05, 0.1) is 23.8 Å². The first-order chi connectivity index (χ1) is 9.63. The van der Waals surface area contributed by atoms with Crippen LogP contribution < -0.4 is 5.56 Å². The first-order valence-electron chi connectivity index (χ1n) is 6.34. The molecule has 0 unspecified atom stereocenters. The standard InChI is InChI=1S/C16H13BrN2O/c1-11-2-4-12(5-3-11)9-19-10-18-15-8-13(17)6-7-14(15)16(19)20/h2-8,10H,9H2,1H3. The van der Waals surface area contributed by atoms with Crippen molar-refractivity contribution in [2.75, 3.05) is 0 Å². The van der Waals surface area contributed by atoms with Gasteiger partial charge in [0.1, 0.15) is 0 Å². The van der Waals surface area contributed by atoms with E-state index in [0.717, 1.165) is 10.0 Å². The van der Waals surface area contributed by atoms with Gasteiger partial charge < -0.3 is 0 Å². The van der Waals surface area contributed by atoms with Crippen molar-refractivity contribution in [3.8, 4) is 0 Å². The summed E-state index contributed by atoms with van der Waals surface area (Å²) in [5.41, 5.74) is 3.01. The molecule has 0 saturated carbocycles. The number of nitrogens with zero attached hydrogens (tertiary/aromatic N) is 2. The van der Waals surface area contributed by atoms with Crippen LogP contribution in [0, 0.1) is 6.92 Å². The molecule has 0 radical (unpaired) electrons. The van der Waals surface area contributed by atoms with Crippen LogP contribution in [0.2, 0.25) is 0 Å². The molecular weight excluding hydrogens is 316 g/mol. The SMILES string of the molecule is Cc1ccc(Cn2cnc3cc(Br)ccc3c2=O)cc1. The molecule has 0 spiro atoms. The number of rotatable bonds is 2. The van der Waals surface area contributed by atoms with Crippen molar-refractivity contribution in [3.63, 3.8) is 0 Å². The van der Waals surface area contributed by atoms with E-state index < -0.39 is 0 Å². The summed E-state index contributed by atoms with van der Waals surface area (Å²) in [4.78, 5) is 16.8. The Bertz CT molecular complexity index is 822. The third kappa shape index (κ3) is 2.51. The van der Waals surface area contributed by atoms with Gasteiger partial charge in [0.25, 0.3) is 5.56 Å². The van der Waals surface area contributed by atoms with E-state index in [1.54, 1.807) is 17.0 Å². The zero-order valence-corrected chi connectivity index (χ0v) is 12.6. The molecule has 0 saturated heterocycles. The molecule has 4 heteroatoms. The Kier molecular flexibility index (Phi) is 3.40. The molecule has 0 bridgehead atoms. The van der Waals surface area contributed by atoms with E-state index in [2.05, 4.69) is 20.9 Å². The molecule has 0 aliphatic rings. The molecule has 20 heavy (non-hydrogen) atoms. The largest absolute Gasteiger partial charge is 0.294 e. The summed E-state index contributed by atoms with van der Waals surface area (Å²) in [5, 5.41) is 0.641. The summed E-state index contributed by atoms with van der Waals surface area (Å²) in [6.07, 6.45) is 1.61. The Hall–Kier alpha value is -1.94. The van der Waals surface area contributed by atoms with E-state index in [1.807, 2.05) is 43.3 Å². The van der Waals surface area contributed by atoms with E-state index >= 15 is 0 Å². The molecule has 100 valence electrons. The summed E-state index contributed by atoms with van der Waals surface area (Å²) in [5.74, 6) is 0. The van der Waals surface area contributed by atoms with Crippen LogP contribution in [0.1, 0.15) is 11.1 Å². The first-order valence-corrected chi connectivity index (χ1v) is 7.13. The molecule has 0 N–H and O–H groups in total. The van der Waals surface area contributed by atoms with Gasteiger partial charge in [0, 0.05) is 4.47 Å². The molecule has 3 rings (SSSR count). The maximum Gasteiger partial charge on any atom is 0.261 e. The molecule has 1 heterocycles. The molecule has 3 nitrogen and oxygen atoms in total. The summed E-state index contributed by atoms with van der Waals surface area (Å²) in [6, 6.07) is 13.7. The molecule has 0 amide bonds. The second-order valence-electron chi connectivity index (χ2n) is 4.82. The van der Waals surface area contributed by atoms with Gasteiger partial charge in [-0.15, -0.1) is 0 Å². The molecule has 0 aliphatic heterocycles. The zero-order valence-electron chi connectivity index (χ0n) is 11.0. The van der Waals surface area contributed by atoms with Gasteiger partial charge in [0.2, 0.25) is 0 Å². The summed E-state index contributed by atoms with van der Waals surface area (Å²) in [6.45, 7) is 2.59. The van der Waals surface area contributed by atoms with Crippen molar-refractivity contribution in [2.45, 2.75) is 13.5 Å². The van der Waals surface area contributed by atoms with Gasteiger partial charge in [-0.05, 0) is 30.7 Å². The number of aryl methyl sites for hydroxylation is 1. The van der Waals surface area contributed by atoms with Gasteiger partial charge in [-0.25, -0.2) is 4.98 Å². The van der Waals surface area contributed by atoms with Crippen molar-refractivity contribution in [1.29, 1.82) is 0 Å². The maximum atomic E-state index is 12.4. The second kappa shape index (κ2) is 5.21. The zero-order chi connectivity index (χ0) is 14.1. The molecule has 1 aromatic heterocycles. The predicted octanol–water partition coefficient (Wildman–Crippen LogP) is 3.52. The van der Waals surface area contributed by atoms with E-state index in [0.29, 0.717) is 17.4 Å². The van der Waals surface area contributed by atoms with Crippen molar-refractivity contribution >= 4 is 26.8 Å². The number of benzene rings is 2. The lowest BCUT2D eigenvalue weighted by atomic mass is 10.1. The highest BCUT2D eigenvalue weighted by Gasteiger charge is 2.05. The highest BCUT2D eigenvalue weighted by Crippen LogP contribution is 2.15. The van der Waals surface area contributed by atoms with Gasteiger partial charge in [-0.2, -0.15) is 0 Å². The van der Waals surface area contributed by atoms with Crippen molar-refractivity contribution in [3.05, 3.63) is 74.7 Å². The van der Waals surface area contributed by atoms with Crippen LogP contribution in [0.15, 0.2) is 58.1 Å². The second-order valence-corrected chi connectivity index (χ2v) is 5.74. The minimum atomic E-state index is -0.0110. The Morgan fingerprint density at radius 2 is 1.90 bits per heavy atom. The van der Waals surface area contributed by atoms with E-state index in [9.17, 15) is 4.79 Å². The average Bonchev–Trinajstić information content (AvgIpc) is 2.44. The fourth-order valence-electron chi connectivity index (χ4n) is 2.13. The van der Waals surface area contributed by atoms with Crippen LogP contribution in [-0.2, 0) is 6.54 Å². The summed E-state index contributed by atoms with van der Waals surface area (Å²) >= 11 is 3.39. The van der Waals surface area contributed by atoms with E-state index in [1.165, 1.54) is 5.56 Å². The molecule has 0 fully saturated rings. The fraction of sp³-hybridized carbons (Fsp3) is 0.125. The fourth-order valence-corrected chi connectivity index (χ4v) is 2.48. The highest BCUT2D eigenvalue weighted by atomic mass is 79.9. The molecule has 0 aliphatic carbocycles. The monoisotopic (exact) mass is 328 g/mol. The number of hydrogen-bond acceptors (Lipinski definition) is 2. The molecule has 2 aromatic carbocycles. The van der Waals surface area contributed by atoms with Gasteiger partial charge in [-0.1, -0.05) is 45.8 Å². The quantitative estimate of drug-likeness (QED) is 0.721. The predicted molar refractivity (Wildman–Crippen MR) is 84.0 cm³/mol. The third-order valence-corrected chi connectivity index (χ3v) is 3.75. The Labute approximate surface area is 125 Å². The summed E-state index contributed by atoms with van der Waals surface area (Å²) in [7, 11) is 0. The van der Waals surface area contributed by atoms with Crippen LogP contribution in [-0.4, -0.2) is 9.55 Å². The minimum Gasteiger partial charge on any atom is -0.294 e. The van der Waals surface area contributed by atoms with Crippen molar-refractivity contribution in [1.82, 2.24) is 9.55 Å². The number of fused-ring (bicyclic) bond motifs is 1. The molecule has 0 atom stereocenters. The van der Waals surface area contributed by atoms with E-state index in [4.69, 9.17) is 0 Å². The normalized spacial score (nSPS) is 10.9. The number of halogens is 1. The van der Waals surface area contributed by atoms with Gasteiger partial charge >= 0.3 is 0 Å². The average molecular weight is 329 g/mol. The topological polar surface area (TPSA) is 34.9 Å². The van der Waals surface area contributed by atoms with Gasteiger partial charge in [0.15, 0.2) is 0 Å². The smallest absolute Gasteiger partial charge is 0.261 e. The van der Waals surface area contributed by atoms with Crippen LogP contribution in [0.4, 0.5) is 0 Å². The lowest BCUT2D eigenvalue weighted by Gasteiger charge is -2.07. The Morgan fingerprint density at radius 3 is 2.65 bits per heavy atom. The summed E-state index contributed by atoms with van der Waals surface area (Å²) < 4.78 is 2.56. The lowest BCUT2D eigenvalue weighted by Crippen LogP contribution is -2.21. The third-order valence-electron chi connectivity index (χ3n) is 3.26. The van der Waals surface area contributed by atoms with Gasteiger partial charge in [-0.3, -0.25) is 9.36 Å². The van der Waals surface area contributed by atoms with Crippen LogP contribution in [0.3, 0.4) is 0 Å². The van der Waals surface area contributed by atoms with Crippen LogP contribution in [0.5, 0.6) is 0 Å². The minimum absolute atomic E-state index is 0.0110. The first kappa shape index (κ1) is 13.1. The highest BCUT2D eigenvalue weighted by molar-refractivity contribution is 9.10. The van der Waals surface area contributed by atoms with Crippen LogP contribution in [0.25, 0.3) is 10.9 Å². The van der Waals surface area contributed by atoms with Crippen LogP contribution >= 0.6 is 15.9 Å². The van der Waals surface area contributed by atoms with Crippen molar-refractivity contribution < 1.29 is 0 Å². The number of aromatic nitrogens is 2. The maximum absolute atomic E-state index is 12.4. The Morgan fingerprint density at radius 1 is 1.15 bits per heavy atom.